The fraction of sp³-hybridized carbons (Fsp3) is 0.250. The van der Waals surface area contributed by atoms with Crippen molar-refractivity contribution in [2.75, 3.05) is 19.0 Å². The van der Waals surface area contributed by atoms with Crippen molar-refractivity contribution in [3.05, 3.63) is 54.0 Å². The van der Waals surface area contributed by atoms with Gasteiger partial charge in [0, 0.05) is 19.8 Å². The van der Waals surface area contributed by atoms with Crippen LogP contribution in [0.15, 0.2) is 47.1 Å². The van der Waals surface area contributed by atoms with Crippen molar-refractivity contribution in [2.24, 2.45) is 0 Å². The number of nitriles is 1. The lowest BCUT2D eigenvalue weighted by atomic mass is 9.99. The fourth-order valence-electron chi connectivity index (χ4n) is 1.94. The van der Waals surface area contributed by atoms with Crippen molar-refractivity contribution in [3.8, 4) is 6.07 Å². The van der Waals surface area contributed by atoms with Crippen LogP contribution in [0.25, 0.3) is 0 Å². The first-order valence-electron chi connectivity index (χ1n) is 6.59. The van der Waals surface area contributed by atoms with Gasteiger partial charge < -0.3 is 14.6 Å². The Bertz CT molecular complexity index is 625. The Balaban J connectivity index is 2.04. The number of carbonyl (C=O) groups is 1. The molecule has 1 heterocycles. The summed E-state index contributed by atoms with van der Waals surface area (Å²) >= 11 is 0. The van der Waals surface area contributed by atoms with Crippen molar-refractivity contribution in [1.82, 2.24) is 5.32 Å². The van der Waals surface area contributed by atoms with Gasteiger partial charge in [0.05, 0.1) is 18.9 Å². The lowest BCUT2D eigenvalue weighted by molar-refractivity contribution is -0.121. The minimum absolute atomic E-state index is 0.278. The Morgan fingerprint density at radius 2 is 2.05 bits per heavy atom. The maximum absolute atomic E-state index is 12.1. The van der Waals surface area contributed by atoms with E-state index in [0.717, 1.165) is 5.69 Å². The summed E-state index contributed by atoms with van der Waals surface area (Å²) in [6.07, 6.45) is 1.54. The number of hydrogen-bond donors (Lipinski definition) is 1. The van der Waals surface area contributed by atoms with E-state index in [4.69, 9.17) is 4.42 Å². The normalized spacial score (nSPS) is 11.5. The number of benzene rings is 1. The predicted octanol–water partition coefficient (Wildman–Crippen LogP) is 2.27. The summed E-state index contributed by atoms with van der Waals surface area (Å²) in [6.45, 7) is 0.278. The van der Waals surface area contributed by atoms with Crippen LogP contribution in [0.3, 0.4) is 0 Å². The maximum atomic E-state index is 12.1. The number of nitrogens with zero attached hydrogens (tertiary/aromatic N) is 2. The van der Waals surface area contributed by atoms with Gasteiger partial charge in [0.25, 0.3) is 0 Å². The van der Waals surface area contributed by atoms with Crippen LogP contribution in [0.1, 0.15) is 17.2 Å². The van der Waals surface area contributed by atoms with E-state index in [1.165, 1.54) is 0 Å². The highest BCUT2D eigenvalue weighted by atomic mass is 16.3. The van der Waals surface area contributed by atoms with Gasteiger partial charge in [-0.2, -0.15) is 5.26 Å². The molecular weight excluding hydrogens is 266 g/mol. The molecule has 1 aromatic carbocycles. The number of rotatable bonds is 5. The number of furan rings is 1. The van der Waals surface area contributed by atoms with Crippen LogP contribution in [0.2, 0.25) is 0 Å². The second kappa shape index (κ2) is 6.62. The Morgan fingerprint density at radius 1 is 1.33 bits per heavy atom. The number of carbonyl (C=O) groups excluding carboxylic acids is 1. The van der Waals surface area contributed by atoms with Crippen LogP contribution < -0.4 is 10.2 Å². The van der Waals surface area contributed by atoms with Gasteiger partial charge in [0.2, 0.25) is 5.91 Å². The van der Waals surface area contributed by atoms with Gasteiger partial charge in [-0.05, 0) is 29.8 Å². The summed E-state index contributed by atoms with van der Waals surface area (Å²) in [6, 6.07) is 12.9. The van der Waals surface area contributed by atoms with Gasteiger partial charge in [0.1, 0.15) is 11.7 Å². The summed E-state index contributed by atoms with van der Waals surface area (Å²) in [5.41, 5.74) is 1.70. The average Bonchev–Trinajstić information content (AvgIpc) is 3.00. The third-order valence-electron chi connectivity index (χ3n) is 3.15. The monoisotopic (exact) mass is 283 g/mol. The van der Waals surface area contributed by atoms with Gasteiger partial charge >= 0.3 is 0 Å². The lowest BCUT2D eigenvalue weighted by Crippen LogP contribution is -2.28. The molecule has 1 atom stereocenters. The molecule has 21 heavy (non-hydrogen) atoms. The van der Waals surface area contributed by atoms with Crippen LogP contribution in [0.4, 0.5) is 5.69 Å². The Labute approximate surface area is 123 Å². The zero-order valence-corrected chi connectivity index (χ0v) is 12.0. The van der Waals surface area contributed by atoms with Crippen molar-refractivity contribution in [2.45, 2.75) is 12.5 Å². The van der Waals surface area contributed by atoms with E-state index in [1.54, 1.807) is 30.5 Å². The zero-order chi connectivity index (χ0) is 15.2. The smallest absolute Gasteiger partial charge is 0.242 e. The molecule has 1 aromatic heterocycles. The molecule has 0 bridgehead atoms. The highest BCUT2D eigenvalue weighted by molar-refractivity contribution is 5.86. The number of anilines is 1. The van der Waals surface area contributed by atoms with E-state index in [0.29, 0.717) is 11.3 Å². The van der Waals surface area contributed by atoms with Crippen LogP contribution in [-0.4, -0.2) is 20.0 Å². The first-order chi connectivity index (χ1) is 10.1. The van der Waals surface area contributed by atoms with Gasteiger partial charge in [-0.25, -0.2) is 0 Å². The maximum Gasteiger partial charge on any atom is 0.242 e. The molecule has 5 heteroatoms. The summed E-state index contributed by atoms with van der Waals surface area (Å²) in [7, 11) is 3.87. The van der Waals surface area contributed by atoms with Crippen molar-refractivity contribution >= 4 is 11.6 Å². The Morgan fingerprint density at radius 3 is 2.57 bits per heavy atom. The summed E-state index contributed by atoms with van der Waals surface area (Å²) in [5, 5.41) is 11.9. The third kappa shape index (κ3) is 3.63. The number of amides is 1. The molecule has 0 saturated heterocycles. The molecular formula is C16H17N3O2. The fourth-order valence-corrected chi connectivity index (χ4v) is 1.94. The quantitative estimate of drug-likeness (QED) is 0.914. The van der Waals surface area contributed by atoms with E-state index >= 15 is 0 Å². The Hall–Kier alpha value is -2.74. The predicted molar refractivity (Wildman–Crippen MR) is 79.7 cm³/mol. The second-order valence-corrected chi connectivity index (χ2v) is 4.85. The molecule has 2 rings (SSSR count). The van der Waals surface area contributed by atoms with Crippen molar-refractivity contribution in [3.63, 3.8) is 0 Å². The SMILES string of the molecule is CN(C)c1ccc(C(C#N)C(=O)NCc2ccco2)cc1. The topological polar surface area (TPSA) is 69.3 Å². The third-order valence-corrected chi connectivity index (χ3v) is 3.15. The van der Waals surface area contributed by atoms with Crippen LogP contribution >= 0.6 is 0 Å². The van der Waals surface area contributed by atoms with Gasteiger partial charge in [0.15, 0.2) is 0 Å². The standard InChI is InChI=1S/C16H17N3O2/c1-19(2)13-7-5-12(6-8-13)15(10-17)16(20)18-11-14-4-3-9-21-14/h3-9,15H,11H2,1-2H3,(H,18,20). The van der Waals surface area contributed by atoms with E-state index in [-0.39, 0.29) is 12.5 Å². The molecule has 1 N–H and O–H groups in total. The van der Waals surface area contributed by atoms with Crippen LogP contribution in [0, 0.1) is 11.3 Å². The number of hydrogen-bond acceptors (Lipinski definition) is 4. The van der Waals surface area contributed by atoms with E-state index < -0.39 is 5.92 Å². The van der Waals surface area contributed by atoms with Crippen molar-refractivity contribution in [1.29, 1.82) is 5.26 Å². The first kappa shape index (κ1) is 14.7. The average molecular weight is 283 g/mol. The molecule has 0 saturated carbocycles. The zero-order valence-electron chi connectivity index (χ0n) is 12.0. The van der Waals surface area contributed by atoms with Gasteiger partial charge in [-0.1, -0.05) is 12.1 Å². The van der Waals surface area contributed by atoms with Gasteiger partial charge in [-0.3, -0.25) is 4.79 Å². The molecule has 0 aliphatic rings. The molecule has 5 nitrogen and oxygen atoms in total. The van der Waals surface area contributed by atoms with Crippen LogP contribution in [0.5, 0.6) is 0 Å². The lowest BCUT2D eigenvalue weighted by Gasteiger charge is -2.14. The molecule has 0 aliphatic heterocycles. The summed E-state index contributed by atoms with van der Waals surface area (Å²) in [4.78, 5) is 14.1. The molecule has 0 radical (unpaired) electrons. The minimum atomic E-state index is -0.823. The molecule has 1 amide bonds. The minimum Gasteiger partial charge on any atom is -0.467 e. The molecule has 0 spiro atoms. The molecule has 2 aromatic rings. The van der Waals surface area contributed by atoms with Crippen molar-refractivity contribution < 1.29 is 9.21 Å². The highest BCUT2D eigenvalue weighted by Gasteiger charge is 2.20. The highest BCUT2D eigenvalue weighted by Crippen LogP contribution is 2.19. The second-order valence-electron chi connectivity index (χ2n) is 4.85. The molecule has 1 unspecified atom stereocenters. The molecule has 0 fully saturated rings. The molecule has 108 valence electrons. The van der Waals surface area contributed by atoms with Crippen LogP contribution in [-0.2, 0) is 11.3 Å². The summed E-state index contributed by atoms with van der Waals surface area (Å²) in [5.74, 6) is -0.495. The Kier molecular flexibility index (Phi) is 4.62. The van der Waals surface area contributed by atoms with E-state index in [1.807, 2.05) is 37.2 Å². The largest absolute Gasteiger partial charge is 0.467 e. The summed E-state index contributed by atoms with van der Waals surface area (Å²) < 4.78 is 5.14. The van der Waals surface area contributed by atoms with E-state index in [9.17, 15) is 10.1 Å². The molecule has 0 aliphatic carbocycles. The van der Waals surface area contributed by atoms with E-state index in [2.05, 4.69) is 5.32 Å². The first-order valence-corrected chi connectivity index (χ1v) is 6.59. The van der Waals surface area contributed by atoms with Gasteiger partial charge in [-0.15, -0.1) is 0 Å². The number of nitrogens with one attached hydrogen (secondary N) is 1.